The molecule has 0 aromatic carbocycles. The monoisotopic (exact) mass is 236 g/mol. The van der Waals surface area contributed by atoms with Crippen LogP contribution in [0, 0.1) is 0 Å². The van der Waals surface area contributed by atoms with E-state index in [0.29, 0.717) is 5.11 Å². The summed E-state index contributed by atoms with van der Waals surface area (Å²) in [5.41, 5.74) is 0. The molecule has 0 saturated heterocycles. The van der Waals surface area contributed by atoms with Crippen molar-refractivity contribution in [3.63, 3.8) is 0 Å². The highest BCUT2D eigenvalue weighted by Gasteiger charge is 1.97. The van der Waals surface area contributed by atoms with E-state index in [1.807, 2.05) is 0 Å². The summed E-state index contributed by atoms with van der Waals surface area (Å²) in [4.78, 5) is 9.98. The van der Waals surface area contributed by atoms with Gasteiger partial charge in [-0.15, -0.1) is 0 Å². The molecule has 0 saturated carbocycles. The molecule has 82 valence electrons. The number of carbonyl (C=O) groups is 1. The van der Waals surface area contributed by atoms with Gasteiger partial charge in [0, 0.05) is 6.54 Å². The van der Waals surface area contributed by atoms with Crippen molar-refractivity contribution < 1.29 is 9.35 Å². The number of rotatable bonds is 7. The van der Waals surface area contributed by atoms with Gasteiger partial charge in [-0.3, -0.25) is 0 Å². The highest BCUT2D eigenvalue weighted by molar-refractivity contribution is 7.90. The Bertz CT molecular complexity index is 177. The van der Waals surface area contributed by atoms with Gasteiger partial charge in [0.15, 0.2) is 5.11 Å². The Hall–Kier alpha value is -0.330. The number of hydrogen-bond acceptors (Lipinski definition) is 3. The molecule has 14 heavy (non-hydrogen) atoms. The van der Waals surface area contributed by atoms with Gasteiger partial charge in [-0.1, -0.05) is 11.2 Å². The van der Waals surface area contributed by atoms with Crippen LogP contribution in [0.15, 0.2) is 0 Å². The number of unbranched alkanes of at least 4 members (excludes halogenated alkanes) is 1. The largest absolute Gasteiger partial charge is 0.617 e. The van der Waals surface area contributed by atoms with Crippen LogP contribution >= 0.6 is 12.2 Å². The Morgan fingerprint density at radius 1 is 1.50 bits per heavy atom. The van der Waals surface area contributed by atoms with E-state index in [4.69, 9.17) is 12.2 Å². The molecule has 0 amide bonds. The van der Waals surface area contributed by atoms with Crippen molar-refractivity contribution in [1.82, 2.24) is 10.6 Å². The molecule has 1 atom stereocenters. The maximum absolute atomic E-state index is 10.7. The summed E-state index contributed by atoms with van der Waals surface area (Å²) in [5.74, 6) is 0.732. The van der Waals surface area contributed by atoms with Crippen molar-refractivity contribution in [3.8, 4) is 0 Å². The Labute approximate surface area is 93.0 Å². The van der Waals surface area contributed by atoms with E-state index in [1.165, 1.54) is 0 Å². The first-order valence-electron chi connectivity index (χ1n) is 4.42. The smallest absolute Gasteiger partial charge is 0.166 e. The predicted molar refractivity (Wildman–Crippen MR) is 62.8 cm³/mol. The van der Waals surface area contributed by atoms with E-state index in [0.717, 1.165) is 31.4 Å². The number of aldehydes is 1. The van der Waals surface area contributed by atoms with E-state index >= 15 is 0 Å². The van der Waals surface area contributed by atoms with Gasteiger partial charge in [0.2, 0.25) is 0 Å². The second-order valence-electron chi connectivity index (χ2n) is 2.79. The van der Waals surface area contributed by atoms with E-state index < -0.39 is 11.2 Å². The molecule has 0 radical (unpaired) electrons. The maximum atomic E-state index is 10.7. The normalized spacial score (nSPS) is 11.9. The quantitative estimate of drug-likeness (QED) is 0.278. The summed E-state index contributed by atoms with van der Waals surface area (Å²) in [6, 6.07) is 0. The first-order valence-corrected chi connectivity index (χ1v) is 6.55. The molecule has 0 spiro atoms. The van der Waals surface area contributed by atoms with Gasteiger partial charge < -0.3 is 20.0 Å². The van der Waals surface area contributed by atoms with Crippen LogP contribution in [0.25, 0.3) is 0 Å². The zero-order valence-electron chi connectivity index (χ0n) is 8.25. The Morgan fingerprint density at radius 2 is 2.21 bits per heavy atom. The van der Waals surface area contributed by atoms with Crippen LogP contribution in [0.2, 0.25) is 0 Å². The summed E-state index contributed by atoms with van der Waals surface area (Å²) in [7, 11) is 0. The third-order valence-corrected chi connectivity index (χ3v) is 2.64. The standard InChI is InChI=1S/C8H16N2O2S2/c1-14(12)7-3-2-4-9-8(13)10-5-6-11/h6H,2-5,7H2,1H3,(H2,9,10,13). The molecule has 0 fully saturated rings. The minimum Gasteiger partial charge on any atom is -0.617 e. The molecule has 6 heteroatoms. The summed E-state index contributed by atoms with van der Waals surface area (Å²) in [6.45, 7) is 0.993. The Kier molecular flexibility index (Phi) is 9.02. The van der Waals surface area contributed by atoms with Crippen LogP contribution in [-0.2, 0) is 16.0 Å². The van der Waals surface area contributed by atoms with Crippen molar-refractivity contribution in [2.45, 2.75) is 12.8 Å². The third kappa shape index (κ3) is 9.76. The lowest BCUT2D eigenvalue weighted by Crippen LogP contribution is -2.36. The molecule has 0 aromatic rings. The molecule has 0 aromatic heterocycles. The highest BCUT2D eigenvalue weighted by atomic mass is 32.2. The van der Waals surface area contributed by atoms with Crippen molar-refractivity contribution in [2.75, 3.05) is 25.1 Å². The van der Waals surface area contributed by atoms with Gasteiger partial charge in [-0.05, 0) is 25.1 Å². The molecule has 0 aliphatic heterocycles. The van der Waals surface area contributed by atoms with Crippen molar-refractivity contribution >= 4 is 34.8 Å². The lowest BCUT2D eigenvalue weighted by atomic mass is 10.3. The average molecular weight is 236 g/mol. The summed E-state index contributed by atoms with van der Waals surface area (Å²) < 4.78 is 10.7. The van der Waals surface area contributed by atoms with Crippen LogP contribution < -0.4 is 10.6 Å². The van der Waals surface area contributed by atoms with Gasteiger partial charge in [0.1, 0.15) is 12.0 Å². The number of nitrogens with one attached hydrogen (secondary N) is 2. The van der Waals surface area contributed by atoms with Gasteiger partial charge in [-0.2, -0.15) is 0 Å². The first-order chi connectivity index (χ1) is 6.66. The summed E-state index contributed by atoms with van der Waals surface area (Å²) in [6.07, 6.45) is 4.31. The van der Waals surface area contributed by atoms with Gasteiger partial charge in [-0.25, -0.2) is 0 Å². The molecule has 0 rings (SSSR count). The second kappa shape index (κ2) is 9.23. The van der Waals surface area contributed by atoms with Crippen LogP contribution in [0.1, 0.15) is 12.8 Å². The highest BCUT2D eigenvalue weighted by Crippen LogP contribution is 1.92. The topological polar surface area (TPSA) is 64.2 Å². The van der Waals surface area contributed by atoms with Crippen LogP contribution in [0.3, 0.4) is 0 Å². The van der Waals surface area contributed by atoms with Crippen LogP contribution in [-0.4, -0.2) is 41.0 Å². The average Bonchev–Trinajstić information content (AvgIpc) is 2.13. The van der Waals surface area contributed by atoms with E-state index in [-0.39, 0.29) is 6.54 Å². The van der Waals surface area contributed by atoms with Crippen molar-refractivity contribution in [2.24, 2.45) is 0 Å². The molecule has 0 heterocycles. The summed E-state index contributed by atoms with van der Waals surface area (Å²) in [5, 5.41) is 6.17. The zero-order valence-corrected chi connectivity index (χ0v) is 9.88. The van der Waals surface area contributed by atoms with Crippen LogP contribution in [0.4, 0.5) is 0 Å². The van der Waals surface area contributed by atoms with E-state index in [2.05, 4.69) is 10.6 Å². The molecule has 0 aliphatic rings. The van der Waals surface area contributed by atoms with Gasteiger partial charge in [0.05, 0.1) is 12.8 Å². The SMILES string of the molecule is C[S+]([O-])CCCCNC(=S)NCC=O. The summed E-state index contributed by atoms with van der Waals surface area (Å²) >= 11 is 4.17. The lowest BCUT2D eigenvalue weighted by Gasteiger charge is -2.08. The molecule has 4 nitrogen and oxygen atoms in total. The molecule has 1 unspecified atom stereocenters. The maximum Gasteiger partial charge on any atom is 0.166 e. The van der Waals surface area contributed by atoms with E-state index in [1.54, 1.807) is 6.26 Å². The fourth-order valence-corrected chi connectivity index (χ4v) is 1.63. The Morgan fingerprint density at radius 3 is 2.79 bits per heavy atom. The zero-order chi connectivity index (χ0) is 10.8. The first kappa shape index (κ1) is 13.7. The molecular formula is C8H16N2O2S2. The van der Waals surface area contributed by atoms with Crippen LogP contribution in [0.5, 0.6) is 0 Å². The number of hydrogen-bond donors (Lipinski definition) is 2. The third-order valence-electron chi connectivity index (χ3n) is 1.49. The second-order valence-corrected chi connectivity index (χ2v) is 4.75. The molecule has 2 N–H and O–H groups in total. The minimum absolute atomic E-state index is 0.241. The van der Waals surface area contributed by atoms with E-state index in [9.17, 15) is 9.35 Å². The fourth-order valence-electron chi connectivity index (χ4n) is 0.829. The van der Waals surface area contributed by atoms with Gasteiger partial charge in [0.25, 0.3) is 0 Å². The molecule has 0 bridgehead atoms. The van der Waals surface area contributed by atoms with Crippen molar-refractivity contribution in [1.29, 1.82) is 0 Å². The fraction of sp³-hybridized carbons (Fsp3) is 0.750. The lowest BCUT2D eigenvalue weighted by molar-refractivity contribution is -0.106. The number of thiocarbonyl (C=S) groups is 1. The van der Waals surface area contributed by atoms with Gasteiger partial charge >= 0.3 is 0 Å². The minimum atomic E-state index is -0.707. The molecule has 0 aliphatic carbocycles. The number of carbonyl (C=O) groups excluding carboxylic acids is 1. The molecular weight excluding hydrogens is 220 g/mol. The van der Waals surface area contributed by atoms with Crippen molar-refractivity contribution in [3.05, 3.63) is 0 Å². The predicted octanol–water partition coefficient (Wildman–Crippen LogP) is -0.192. The Balaban J connectivity index is 3.18.